The predicted octanol–water partition coefficient (Wildman–Crippen LogP) is 4.97. The molecule has 5 heteroatoms. The van der Waals surface area contributed by atoms with Crippen LogP contribution in [0.15, 0.2) is 104 Å². The number of ether oxygens (including phenoxy) is 1. The van der Waals surface area contributed by atoms with Crippen molar-refractivity contribution in [3.05, 3.63) is 131 Å². The van der Waals surface area contributed by atoms with Crippen LogP contribution in [0.5, 0.6) is 5.75 Å². The second kappa shape index (κ2) is 11.9. The first kappa shape index (κ1) is 25.5. The molecule has 4 rings (SSSR count). The fourth-order valence-corrected chi connectivity index (χ4v) is 4.06. The lowest BCUT2D eigenvalue weighted by Gasteiger charge is -2.10. The molecule has 0 aliphatic rings. The number of carbonyl (C=O) groups is 1. The van der Waals surface area contributed by atoms with E-state index in [0.717, 1.165) is 33.6 Å². The quantitative estimate of drug-likeness (QED) is 0.216. The Labute approximate surface area is 217 Å². The summed E-state index contributed by atoms with van der Waals surface area (Å²) in [4.78, 5) is 14.4. The second-order valence-electron chi connectivity index (χ2n) is 8.87. The average Bonchev–Trinajstić information content (AvgIpc) is 2.92. The molecule has 0 spiro atoms. The number of aliphatic carboxylic acids is 1. The molecule has 0 aliphatic heterocycles. The number of benzene rings is 4. The smallest absolute Gasteiger partial charge is 0.373 e. The average molecular weight is 493 g/mol. The van der Waals surface area contributed by atoms with E-state index >= 15 is 0 Å². The van der Waals surface area contributed by atoms with Gasteiger partial charge in [-0.05, 0) is 59.0 Å². The van der Waals surface area contributed by atoms with E-state index in [1.807, 2.05) is 72.8 Å². The Balaban J connectivity index is 1.42. The maximum atomic E-state index is 11.7. The number of carboxylic acid groups (broad SMARTS) is 1. The molecule has 0 bridgehead atoms. The van der Waals surface area contributed by atoms with Crippen molar-refractivity contribution in [2.45, 2.75) is 26.0 Å². The molecule has 3 N–H and O–H groups in total. The van der Waals surface area contributed by atoms with Gasteiger partial charge in [0.1, 0.15) is 12.4 Å². The first-order valence-electron chi connectivity index (χ1n) is 12.1. The molecule has 0 fully saturated rings. The van der Waals surface area contributed by atoms with E-state index < -0.39 is 12.0 Å². The summed E-state index contributed by atoms with van der Waals surface area (Å²) in [6.45, 7) is 6.40. The monoisotopic (exact) mass is 492 g/mol. The lowest BCUT2D eigenvalue weighted by atomic mass is 10.0. The highest BCUT2D eigenvalue weighted by molar-refractivity contribution is 5.89. The summed E-state index contributed by atoms with van der Waals surface area (Å²) in [5.41, 5.74) is 6.69. The predicted molar refractivity (Wildman–Crippen MR) is 147 cm³/mol. The number of aryl methyl sites for hydroxylation is 1. The normalized spacial score (nSPS) is 12.1. The minimum absolute atomic E-state index is 0.173. The maximum absolute atomic E-state index is 11.7. The topological polar surface area (TPSA) is 80.7 Å². The zero-order valence-electron chi connectivity index (χ0n) is 20.7. The van der Waals surface area contributed by atoms with Gasteiger partial charge in [0.2, 0.25) is 0 Å². The van der Waals surface area contributed by atoms with Crippen LogP contribution in [-0.4, -0.2) is 28.1 Å². The van der Waals surface area contributed by atoms with Crippen LogP contribution in [0.4, 0.5) is 0 Å². The number of hydrogen-bond acceptors (Lipinski definition) is 2. The Kier molecular flexibility index (Phi) is 8.16. The van der Waals surface area contributed by atoms with Gasteiger partial charge in [-0.3, -0.25) is 0 Å². The van der Waals surface area contributed by atoms with Crippen molar-refractivity contribution in [2.24, 2.45) is 0 Å². The van der Waals surface area contributed by atoms with E-state index in [0.29, 0.717) is 12.2 Å². The third-order valence-electron chi connectivity index (χ3n) is 6.15. The van der Waals surface area contributed by atoms with Gasteiger partial charge in [-0.25, -0.2) is 4.79 Å². The van der Waals surface area contributed by atoms with Gasteiger partial charge in [-0.1, -0.05) is 91.0 Å². The van der Waals surface area contributed by atoms with E-state index in [2.05, 4.69) is 36.7 Å². The van der Waals surface area contributed by atoms with Gasteiger partial charge < -0.3 is 14.9 Å². The molecule has 0 heterocycles. The number of carboxylic acids is 1. The highest BCUT2D eigenvalue weighted by atomic mass is 16.5. The molecule has 0 saturated heterocycles. The molecular formula is C32H30NO4+. The van der Waals surface area contributed by atoms with Gasteiger partial charge in [0.05, 0.1) is 5.56 Å². The largest absolute Gasteiger partial charge is 0.489 e. The summed E-state index contributed by atoms with van der Waals surface area (Å²) in [6.07, 6.45) is 2.10. The summed E-state index contributed by atoms with van der Waals surface area (Å²) >= 11 is 0. The van der Waals surface area contributed by atoms with Crippen LogP contribution in [0.25, 0.3) is 17.2 Å². The van der Waals surface area contributed by atoms with Gasteiger partial charge in [-0.15, -0.1) is 0 Å². The van der Waals surface area contributed by atoms with Crippen molar-refractivity contribution < 1.29 is 24.7 Å². The van der Waals surface area contributed by atoms with Gasteiger partial charge in [-0.2, -0.15) is 4.99 Å². The molecule has 0 aromatic heterocycles. The Bertz CT molecular complexity index is 1390. The Morgan fingerprint density at radius 1 is 0.919 bits per heavy atom. The van der Waals surface area contributed by atoms with E-state index in [1.54, 1.807) is 12.1 Å². The van der Waals surface area contributed by atoms with Crippen LogP contribution in [0.2, 0.25) is 0 Å². The lowest BCUT2D eigenvalue weighted by molar-refractivity contribution is -0.497. The zero-order chi connectivity index (χ0) is 26.2. The fraction of sp³-hybridized carbons (Fsp3) is 0.125. The summed E-state index contributed by atoms with van der Waals surface area (Å²) < 4.78 is 5.97. The molecule has 37 heavy (non-hydrogen) atoms. The third kappa shape index (κ3) is 6.73. The van der Waals surface area contributed by atoms with Gasteiger partial charge in [0.15, 0.2) is 0 Å². The van der Waals surface area contributed by atoms with Crippen molar-refractivity contribution in [1.82, 2.24) is 0 Å². The molecule has 186 valence electrons. The van der Waals surface area contributed by atoms with Crippen molar-refractivity contribution in [3.63, 3.8) is 0 Å². The van der Waals surface area contributed by atoms with Crippen molar-refractivity contribution in [1.29, 1.82) is 0 Å². The zero-order valence-corrected chi connectivity index (χ0v) is 20.7. The third-order valence-corrected chi connectivity index (χ3v) is 6.15. The lowest BCUT2D eigenvalue weighted by Crippen LogP contribution is -2.83. The van der Waals surface area contributed by atoms with Gasteiger partial charge in [0.25, 0.3) is 6.04 Å². The molecule has 0 aliphatic carbocycles. The number of aliphatic hydroxyl groups excluding tert-OH is 1. The Morgan fingerprint density at radius 3 is 2.19 bits per heavy atom. The molecule has 4 aromatic rings. The standard InChI is InChI=1S/C32H29NO4/c1-3-24-19-22(2)9-10-28(24)21-37-29-17-15-26(16-18-29)25-11-13-27(14-12-25)31(34)33-30(32(35)36)20-23-7-5-4-6-8-23/h3-19,30H,1,20-21H2,2H3,(H,33,34)(H,35,36)/p+1. The SMILES string of the molecule is C=Cc1cc(C)ccc1COc1ccc(-c2ccc(C(O)=[NH+]C(Cc3ccccc3)C(=O)O)cc2)cc1. The molecule has 0 amide bonds. The minimum Gasteiger partial charge on any atom is -0.489 e. The first-order chi connectivity index (χ1) is 17.9. The summed E-state index contributed by atoms with van der Waals surface area (Å²) in [6, 6.07) is 29.7. The minimum atomic E-state index is -1.03. The molecular weight excluding hydrogens is 462 g/mol. The maximum Gasteiger partial charge on any atom is 0.373 e. The highest BCUT2D eigenvalue weighted by Gasteiger charge is 2.24. The molecule has 4 aromatic carbocycles. The van der Waals surface area contributed by atoms with Crippen LogP contribution in [0, 0.1) is 6.92 Å². The molecule has 1 unspecified atom stereocenters. The summed E-state index contributed by atoms with van der Waals surface area (Å²) in [5.74, 6) is -0.435. The van der Waals surface area contributed by atoms with E-state index in [-0.39, 0.29) is 12.3 Å². The number of aliphatic hydroxyl groups is 1. The molecule has 0 saturated carbocycles. The first-order valence-corrected chi connectivity index (χ1v) is 12.1. The Morgan fingerprint density at radius 2 is 1.57 bits per heavy atom. The van der Waals surface area contributed by atoms with Crippen molar-refractivity contribution in [3.8, 4) is 16.9 Å². The Hall–Kier alpha value is -4.64. The fourth-order valence-electron chi connectivity index (χ4n) is 4.06. The van der Waals surface area contributed by atoms with Crippen LogP contribution in [-0.2, 0) is 17.8 Å². The molecule has 5 nitrogen and oxygen atoms in total. The number of nitrogens with one attached hydrogen (secondary N) is 1. The van der Waals surface area contributed by atoms with E-state index in [1.165, 1.54) is 5.56 Å². The number of rotatable bonds is 10. The van der Waals surface area contributed by atoms with Crippen LogP contribution in [0.3, 0.4) is 0 Å². The van der Waals surface area contributed by atoms with Crippen molar-refractivity contribution >= 4 is 17.9 Å². The van der Waals surface area contributed by atoms with Crippen molar-refractivity contribution in [2.75, 3.05) is 0 Å². The summed E-state index contributed by atoms with van der Waals surface area (Å²) in [5, 5.41) is 20.1. The molecule has 0 radical (unpaired) electrons. The van der Waals surface area contributed by atoms with Gasteiger partial charge in [0, 0.05) is 6.42 Å². The molecule has 1 atom stereocenters. The highest BCUT2D eigenvalue weighted by Crippen LogP contribution is 2.24. The van der Waals surface area contributed by atoms with Crippen LogP contribution >= 0.6 is 0 Å². The van der Waals surface area contributed by atoms with Crippen LogP contribution < -0.4 is 9.73 Å². The van der Waals surface area contributed by atoms with E-state index in [4.69, 9.17) is 4.74 Å². The van der Waals surface area contributed by atoms with Crippen LogP contribution in [0.1, 0.15) is 27.8 Å². The number of hydrogen-bond donors (Lipinski definition) is 3. The van der Waals surface area contributed by atoms with Gasteiger partial charge >= 0.3 is 11.9 Å². The van der Waals surface area contributed by atoms with E-state index in [9.17, 15) is 15.0 Å². The second-order valence-corrected chi connectivity index (χ2v) is 8.87. The summed E-state index contributed by atoms with van der Waals surface area (Å²) in [7, 11) is 0.